The van der Waals surface area contributed by atoms with Crippen LogP contribution in [-0.4, -0.2) is 34.4 Å². The zero-order chi connectivity index (χ0) is 20.5. The molecule has 0 spiro atoms. The average molecular weight is 425 g/mol. The maximum absolute atomic E-state index is 13.5. The van der Waals surface area contributed by atoms with E-state index in [0.717, 1.165) is 12.1 Å². The molecule has 0 unspecified atom stereocenters. The van der Waals surface area contributed by atoms with Gasteiger partial charge in [0.15, 0.2) is 16.8 Å². The lowest BCUT2D eigenvalue weighted by Crippen LogP contribution is -2.28. The van der Waals surface area contributed by atoms with Crippen LogP contribution in [-0.2, 0) is 6.54 Å². The number of aliphatic imine (C=N–C) groups is 1. The molecule has 0 atom stereocenters. The molecule has 1 amide bonds. The second kappa shape index (κ2) is 8.09. The molecule has 1 aliphatic rings. The topological polar surface area (TPSA) is 41.9 Å². The predicted octanol–water partition coefficient (Wildman–Crippen LogP) is 5.15. The molecule has 2 aromatic rings. The fraction of sp³-hybridized carbons (Fsp3) is 0.300. The number of carbonyl (C=O) groups is 1. The number of rotatable bonds is 4. The third-order valence-electron chi connectivity index (χ3n) is 4.16. The van der Waals surface area contributed by atoms with Crippen molar-refractivity contribution < 1.29 is 18.3 Å². The van der Waals surface area contributed by atoms with Gasteiger partial charge in [-0.2, -0.15) is 4.99 Å². The highest BCUT2D eigenvalue weighted by Gasteiger charge is 2.36. The summed E-state index contributed by atoms with van der Waals surface area (Å²) in [6.45, 7) is 4.98. The standard InChI is InChI=1S/C20H19ClF2N2O2S/c1-20(2)11-25(10-12-4-6-15(22)16(23)8-12)19(28-20)24-18(26)14-9-13(21)5-7-17(14)27-3/h4-9H,10-11H2,1-3H3. The molecular formula is C20H19ClF2N2O2S. The van der Waals surface area contributed by atoms with Crippen LogP contribution in [0.15, 0.2) is 41.4 Å². The van der Waals surface area contributed by atoms with Crippen LogP contribution in [0.1, 0.15) is 29.8 Å². The van der Waals surface area contributed by atoms with Gasteiger partial charge in [-0.05, 0) is 49.7 Å². The summed E-state index contributed by atoms with van der Waals surface area (Å²) in [4.78, 5) is 18.9. The second-order valence-electron chi connectivity index (χ2n) is 7.01. The number of carbonyl (C=O) groups excluding carboxylic acids is 1. The van der Waals surface area contributed by atoms with Gasteiger partial charge in [-0.1, -0.05) is 29.4 Å². The number of hydrogen-bond donors (Lipinski definition) is 0. The summed E-state index contributed by atoms with van der Waals surface area (Å²) in [5.74, 6) is -1.89. The molecule has 1 fully saturated rings. The van der Waals surface area contributed by atoms with Crippen molar-refractivity contribution >= 4 is 34.4 Å². The molecule has 148 valence electrons. The van der Waals surface area contributed by atoms with E-state index in [1.807, 2.05) is 18.7 Å². The Hall–Kier alpha value is -2.12. The lowest BCUT2D eigenvalue weighted by molar-refractivity contribution is 0.0998. The Bertz CT molecular complexity index is 950. The molecule has 28 heavy (non-hydrogen) atoms. The van der Waals surface area contributed by atoms with Crippen molar-refractivity contribution in [3.05, 3.63) is 64.2 Å². The van der Waals surface area contributed by atoms with Crippen LogP contribution in [0.25, 0.3) is 0 Å². The van der Waals surface area contributed by atoms with Crippen molar-refractivity contribution in [1.82, 2.24) is 4.90 Å². The van der Waals surface area contributed by atoms with E-state index in [4.69, 9.17) is 16.3 Å². The van der Waals surface area contributed by atoms with E-state index in [1.54, 1.807) is 12.1 Å². The lowest BCUT2D eigenvalue weighted by Gasteiger charge is -2.20. The molecular weight excluding hydrogens is 406 g/mol. The number of amidine groups is 1. The minimum atomic E-state index is -0.901. The van der Waals surface area contributed by atoms with Gasteiger partial charge in [0.25, 0.3) is 5.91 Å². The lowest BCUT2D eigenvalue weighted by atomic mass is 10.1. The Kier molecular flexibility index (Phi) is 5.95. The molecule has 0 bridgehead atoms. The van der Waals surface area contributed by atoms with Crippen LogP contribution in [0, 0.1) is 11.6 Å². The first-order chi connectivity index (χ1) is 13.2. The third kappa shape index (κ3) is 4.64. The summed E-state index contributed by atoms with van der Waals surface area (Å²) in [6.07, 6.45) is 0. The molecule has 1 saturated heterocycles. The molecule has 2 aromatic carbocycles. The van der Waals surface area contributed by atoms with Gasteiger partial charge < -0.3 is 9.64 Å². The Balaban J connectivity index is 1.90. The number of halogens is 3. The molecule has 3 rings (SSSR count). The number of ether oxygens (including phenoxy) is 1. The van der Waals surface area contributed by atoms with Gasteiger partial charge in [-0.15, -0.1) is 0 Å². The van der Waals surface area contributed by atoms with Gasteiger partial charge in [0.1, 0.15) is 5.75 Å². The van der Waals surface area contributed by atoms with Gasteiger partial charge in [0.2, 0.25) is 0 Å². The van der Waals surface area contributed by atoms with Crippen molar-refractivity contribution in [3.63, 3.8) is 0 Å². The van der Waals surface area contributed by atoms with E-state index in [1.165, 1.54) is 31.0 Å². The van der Waals surface area contributed by atoms with Gasteiger partial charge in [0, 0.05) is 22.9 Å². The Morgan fingerprint density at radius 1 is 1.25 bits per heavy atom. The molecule has 1 heterocycles. The van der Waals surface area contributed by atoms with Crippen LogP contribution < -0.4 is 4.74 Å². The molecule has 0 N–H and O–H groups in total. The van der Waals surface area contributed by atoms with Crippen LogP contribution in [0.3, 0.4) is 0 Å². The Morgan fingerprint density at radius 3 is 2.68 bits per heavy atom. The summed E-state index contributed by atoms with van der Waals surface area (Å²) in [6, 6.07) is 8.53. The predicted molar refractivity (Wildman–Crippen MR) is 108 cm³/mol. The Labute approximate surface area is 171 Å². The summed E-state index contributed by atoms with van der Waals surface area (Å²) in [5, 5.41) is 0.921. The number of benzene rings is 2. The quantitative estimate of drug-likeness (QED) is 0.680. The van der Waals surface area contributed by atoms with Crippen LogP contribution >= 0.6 is 23.4 Å². The van der Waals surface area contributed by atoms with E-state index < -0.39 is 17.5 Å². The highest BCUT2D eigenvalue weighted by molar-refractivity contribution is 8.15. The molecule has 1 aliphatic heterocycles. The first kappa shape index (κ1) is 20.6. The molecule has 0 radical (unpaired) electrons. The van der Waals surface area contributed by atoms with Crippen molar-refractivity contribution in [3.8, 4) is 5.75 Å². The number of nitrogens with zero attached hydrogens (tertiary/aromatic N) is 2. The number of amides is 1. The summed E-state index contributed by atoms with van der Waals surface area (Å²) in [5.41, 5.74) is 0.860. The number of thioether (sulfide) groups is 1. The van der Waals surface area contributed by atoms with Gasteiger partial charge >= 0.3 is 0 Å². The summed E-state index contributed by atoms with van der Waals surface area (Å²) in [7, 11) is 1.47. The van der Waals surface area contributed by atoms with E-state index >= 15 is 0 Å². The molecule has 0 aliphatic carbocycles. The van der Waals surface area contributed by atoms with Crippen LogP contribution in [0.2, 0.25) is 5.02 Å². The normalized spacial score (nSPS) is 17.2. The first-order valence-corrected chi connectivity index (χ1v) is 9.72. The monoisotopic (exact) mass is 424 g/mol. The van der Waals surface area contributed by atoms with E-state index in [9.17, 15) is 13.6 Å². The van der Waals surface area contributed by atoms with E-state index in [2.05, 4.69) is 4.99 Å². The average Bonchev–Trinajstić information content (AvgIpc) is 2.91. The maximum atomic E-state index is 13.5. The maximum Gasteiger partial charge on any atom is 0.283 e. The Morgan fingerprint density at radius 2 is 2.00 bits per heavy atom. The third-order valence-corrected chi connectivity index (χ3v) is 5.61. The summed E-state index contributed by atoms with van der Waals surface area (Å²) < 4.78 is 31.8. The van der Waals surface area contributed by atoms with Crippen molar-refractivity contribution in [2.45, 2.75) is 25.1 Å². The number of hydrogen-bond acceptors (Lipinski definition) is 3. The SMILES string of the molecule is COc1ccc(Cl)cc1C(=O)N=C1SC(C)(C)CN1Cc1ccc(F)c(F)c1. The van der Waals surface area contributed by atoms with Gasteiger partial charge in [-0.25, -0.2) is 8.78 Å². The smallest absolute Gasteiger partial charge is 0.283 e. The first-order valence-electron chi connectivity index (χ1n) is 8.53. The van der Waals surface area contributed by atoms with E-state index in [-0.39, 0.29) is 10.3 Å². The molecule has 0 aromatic heterocycles. The highest BCUT2D eigenvalue weighted by atomic mass is 35.5. The van der Waals surface area contributed by atoms with Crippen molar-refractivity contribution in [2.24, 2.45) is 4.99 Å². The summed E-state index contributed by atoms with van der Waals surface area (Å²) >= 11 is 7.46. The van der Waals surface area contributed by atoms with E-state index in [0.29, 0.717) is 34.6 Å². The zero-order valence-electron chi connectivity index (χ0n) is 15.6. The minimum Gasteiger partial charge on any atom is -0.496 e. The second-order valence-corrected chi connectivity index (χ2v) is 9.12. The number of methoxy groups -OCH3 is 1. The van der Waals surface area contributed by atoms with Gasteiger partial charge in [0.05, 0.1) is 12.7 Å². The largest absolute Gasteiger partial charge is 0.496 e. The fourth-order valence-electron chi connectivity index (χ4n) is 2.94. The van der Waals surface area contributed by atoms with Gasteiger partial charge in [-0.3, -0.25) is 4.79 Å². The van der Waals surface area contributed by atoms with Crippen molar-refractivity contribution in [1.29, 1.82) is 0 Å². The minimum absolute atomic E-state index is 0.184. The van der Waals surface area contributed by atoms with Crippen LogP contribution in [0.4, 0.5) is 8.78 Å². The molecule has 4 nitrogen and oxygen atoms in total. The zero-order valence-corrected chi connectivity index (χ0v) is 17.2. The van der Waals surface area contributed by atoms with Crippen molar-refractivity contribution in [2.75, 3.05) is 13.7 Å². The van der Waals surface area contributed by atoms with Crippen LogP contribution in [0.5, 0.6) is 5.75 Å². The fourth-order valence-corrected chi connectivity index (χ4v) is 4.21. The highest BCUT2D eigenvalue weighted by Crippen LogP contribution is 2.37. The molecule has 0 saturated carbocycles. The molecule has 8 heteroatoms.